The lowest BCUT2D eigenvalue weighted by molar-refractivity contribution is -0.139. The van der Waals surface area contributed by atoms with Crippen molar-refractivity contribution in [2.45, 2.75) is 44.9 Å². The van der Waals surface area contributed by atoms with Crippen molar-refractivity contribution in [1.29, 1.82) is 0 Å². The van der Waals surface area contributed by atoms with Gasteiger partial charge in [0.25, 0.3) is 0 Å². The SMILES string of the molecule is Cc1ncsc1CCC(=O)N1CC[C@H]2[C@H](C1)OCc1cnnn12. The number of amides is 1. The molecule has 122 valence electrons. The van der Waals surface area contributed by atoms with Gasteiger partial charge in [-0.1, -0.05) is 5.21 Å². The number of carbonyl (C=O) groups is 1. The maximum Gasteiger partial charge on any atom is 0.223 e. The summed E-state index contributed by atoms with van der Waals surface area (Å²) in [5.41, 5.74) is 3.90. The Morgan fingerprint density at radius 1 is 1.52 bits per heavy atom. The monoisotopic (exact) mass is 333 g/mol. The van der Waals surface area contributed by atoms with Crippen molar-refractivity contribution in [1.82, 2.24) is 24.9 Å². The Kier molecular flexibility index (Phi) is 3.86. The van der Waals surface area contributed by atoms with E-state index in [1.165, 1.54) is 4.88 Å². The van der Waals surface area contributed by atoms with Crippen molar-refractivity contribution < 1.29 is 9.53 Å². The molecule has 23 heavy (non-hydrogen) atoms. The molecule has 8 heteroatoms. The lowest BCUT2D eigenvalue weighted by Crippen LogP contribution is -2.50. The van der Waals surface area contributed by atoms with Crippen molar-refractivity contribution in [3.63, 3.8) is 0 Å². The third-order valence-corrected chi connectivity index (χ3v) is 5.69. The number of nitrogens with zero attached hydrogens (tertiary/aromatic N) is 5. The van der Waals surface area contributed by atoms with Crippen LogP contribution in [0.15, 0.2) is 11.7 Å². The van der Waals surface area contributed by atoms with Gasteiger partial charge in [-0.2, -0.15) is 0 Å². The highest BCUT2D eigenvalue weighted by molar-refractivity contribution is 7.09. The molecule has 0 radical (unpaired) electrons. The fourth-order valence-corrected chi connectivity index (χ4v) is 4.14. The van der Waals surface area contributed by atoms with E-state index >= 15 is 0 Å². The van der Waals surface area contributed by atoms with Gasteiger partial charge < -0.3 is 9.64 Å². The molecule has 1 fully saturated rings. The highest BCUT2D eigenvalue weighted by atomic mass is 32.1. The standard InChI is InChI=1S/C15H19N5O2S/c1-10-14(23-9-16-10)2-3-15(21)19-5-4-12-13(7-19)22-8-11-6-17-18-20(11)12/h6,9,12-13H,2-5,7-8H2,1H3/t12-,13-/m0/s1. The quantitative estimate of drug-likeness (QED) is 0.848. The average Bonchev–Trinajstić information content (AvgIpc) is 3.20. The van der Waals surface area contributed by atoms with E-state index in [9.17, 15) is 4.79 Å². The Labute approximate surface area is 138 Å². The van der Waals surface area contributed by atoms with Crippen molar-refractivity contribution in [3.05, 3.63) is 28.0 Å². The second-order valence-electron chi connectivity index (χ2n) is 6.08. The summed E-state index contributed by atoms with van der Waals surface area (Å²) in [6, 6.07) is 0.203. The van der Waals surface area contributed by atoms with E-state index in [4.69, 9.17) is 4.74 Å². The molecule has 0 saturated carbocycles. The molecule has 2 aliphatic rings. The zero-order chi connectivity index (χ0) is 15.8. The van der Waals surface area contributed by atoms with Crippen LogP contribution in [-0.4, -0.2) is 50.0 Å². The molecular formula is C15H19N5O2S. The zero-order valence-corrected chi connectivity index (χ0v) is 13.8. The van der Waals surface area contributed by atoms with E-state index in [0.717, 1.165) is 30.8 Å². The lowest BCUT2D eigenvalue weighted by Gasteiger charge is -2.41. The van der Waals surface area contributed by atoms with Crippen LogP contribution in [0.4, 0.5) is 0 Å². The zero-order valence-electron chi connectivity index (χ0n) is 13.0. The molecule has 2 aromatic heterocycles. The molecule has 0 spiro atoms. The van der Waals surface area contributed by atoms with Gasteiger partial charge in [0.1, 0.15) is 0 Å². The number of aromatic nitrogens is 4. The molecule has 4 heterocycles. The highest BCUT2D eigenvalue weighted by Gasteiger charge is 2.37. The Balaban J connectivity index is 1.37. The van der Waals surface area contributed by atoms with Crippen molar-refractivity contribution in [2.75, 3.05) is 13.1 Å². The average molecular weight is 333 g/mol. The van der Waals surface area contributed by atoms with Gasteiger partial charge in [-0.15, -0.1) is 16.4 Å². The molecule has 2 atom stereocenters. The van der Waals surface area contributed by atoms with Crippen LogP contribution in [0.25, 0.3) is 0 Å². The number of likely N-dealkylation sites (tertiary alicyclic amines) is 1. The number of thiazole rings is 1. The highest BCUT2D eigenvalue weighted by Crippen LogP contribution is 2.30. The Morgan fingerprint density at radius 3 is 3.26 bits per heavy atom. The predicted molar refractivity (Wildman–Crippen MR) is 84.0 cm³/mol. The van der Waals surface area contributed by atoms with Crippen LogP contribution >= 0.6 is 11.3 Å². The molecule has 0 aromatic carbocycles. The van der Waals surface area contributed by atoms with Crippen LogP contribution < -0.4 is 0 Å². The normalized spacial score (nSPS) is 23.4. The minimum Gasteiger partial charge on any atom is -0.368 e. The molecule has 0 unspecified atom stereocenters. The smallest absolute Gasteiger partial charge is 0.223 e. The van der Waals surface area contributed by atoms with Crippen LogP contribution in [0, 0.1) is 6.92 Å². The lowest BCUT2D eigenvalue weighted by atomic mass is 9.99. The number of fused-ring (bicyclic) bond motifs is 3. The van der Waals surface area contributed by atoms with Crippen LogP contribution in [0.1, 0.15) is 35.1 Å². The number of aryl methyl sites for hydroxylation is 2. The Bertz CT molecular complexity index is 712. The molecule has 0 bridgehead atoms. The van der Waals surface area contributed by atoms with Gasteiger partial charge in [-0.25, -0.2) is 9.67 Å². The van der Waals surface area contributed by atoms with Crippen molar-refractivity contribution in [2.24, 2.45) is 0 Å². The summed E-state index contributed by atoms with van der Waals surface area (Å²) in [7, 11) is 0. The minimum atomic E-state index is 0.0204. The van der Waals surface area contributed by atoms with E-state index in [1.807, 2.05) is 22.0 Å². The minimum absolute atomic E-state index is 0.0204. The fourth-order valence-electron chi connectivity index (χ4n) is 3.36. The van der Waals surface area contributed by atoms with Crippen LogP contribution in [0.3, 0.4) is 0 Å². The van der Waals surface area contributed by atoms with Crippen molar-refractivity contribution in [3.8, 4) is 0 Å². The third-order valence-electron chi connectivity index (χ3n) is 4.70. The molecule has 1 amide bonds. The van der Waals surface area contributed by atoms with Gasteiger partial charge in [0, 0.05) is 24.4 Å². The predicted octanol–water partition coefficient (Wildman–Crippen LogP) is 1.35. The van der Waals surface area contributed by atoms with Crippen LogP contribution in [0.5, 0.6) is 0 Å². The first-order chi connectivity index (χ1) is 11.2. The summed E-state index contributed by atoms with van der Waals surface area (Å²) in [6.07, 6.45) is 3.95. The molecule has 2 aliphatic heterocycles. The summed E-state index contributed by atoms with van der Waals surface area (Å²) in [4.78, 5) is 19.9. The Morgan fingerprint density at radius 2 is 2.43 bits per heavy atom. The number of piperidine rings is 1. The summed E-state index contributed by atoms with van der Waals surface area (Å²) in [5, 5.41) is 8.13. The summed E-state index contributed by atoms with van der Waals surface area (Å²) in [5.74, 6) is 0.198. The second-order valence-corrected chi connectivity index (χ2v) is 7.02. The number of hydrogen-bond acceptors (Lipinski definition) is 6. The van der Waals surface area contributed by atoms with E-state index in [2.05, 4.69) is 15.3 Å². The molecule has 1 saturated heterocycles. The molecule has 0 aliphatic carbocycles. The molecule has 0 N–H and O–H groups in total. The summed E-state index contributed by atoms with van der Waals surface area (Å²) in [6.45, 7) is 3.92. The first-order valence-electron chi connectivity index (χ1n) is 7.90. The molecule has 4 rings (SSSR count). The first-order valence-corrected chi connectivity index (χ1v) is 8.78. The van der Waals surface area contributed by atoms with E-state index in [1.54, 1.807) is 17.5 Å². The van der Waals surface area contributed by atoms with Gasteiger partial charge in [-0.3, -0.25) is 4.79 Å². The van der Waals surface area contributed by atoms with E-state index < -0.39 is 0 Å². The fraction of sp³-hybridized carbons (Fsp3) is 0.600. The Hall–Kier alpha value is -1.80. The van der Waals surface area contributed by atoms with Gasteiger partial charge >= 0.3 is 0 Å². The first kappa shape index (κ1) is 14.8. The number of carbonyl (C=O) groups excluding carboxylic acids is 1. The van der Waals surface area contributed by atoms with E-state index in [-0.39, 0.29) is 18.1 Å². The van der Waals surface area contributed by atoms with Crippen LogP contribution in [-0.2, 0) is 22.6 Å². The van der Waals surface area contributed by atoms with Gasteiger partial charge in [0.2, 0.25) is 5.91 Å². The molecule has 7 nitrogen and oxygen atoms in total. The topological polar surface area (TPSA) is 73.1 Å². The number of rotatable bonds is 3. The van der Waals surface area contributed by atoms with E-state index in [0.29, 0.717) is 19.6 Å². The van der Waals surface area contributed by atoms with Gasteiger partial charge in [0.05, 0.1) is 41.8 Å². The maximum atomic E-state index is 12.5. The molecular weight excluding hydrogens is 314 g/mol. The second kappa shape index (κ2) is 6.01. The van der Waals surface area contributed by atoms with Crippen molar-refractivity contribution >= 4 is 17.2 Å². The largest absolute Gasteiger partial charge is 0.368 e. The number of hydrogen-bond donors (Lipinski definition) is 0. The maximum absolute atomic E-state index is 12.5. The molecule has 2 aromatic rings. The third kappa shape index (κ3) is 2.76. The van der Waals surface area contributed by atoms with Gasteiger partial charge in [0.15, 0.2) is 0 Å². The van der Waals surface area contributed by atoms with Crippen LogP contribution in [0.2, 0.25) is 0 Å². The summed E-state index contributed by atoms with van der Waals surface area (Å²) >= 11 is 1.62. The summed E-state index contributed by atoms with van der Waals surface area (Å²) < 4.78 is 7.88. The number of ether oxygens (including phenoxy) is 1. The van der Waals surface area contributed by atoms with Gasteiger partial charge in [-0.05, 0) is 19.8 Å².